The Bertz CT molecular complexity index is 723. The summed E-state index contributed by atoms with van der Waals surface area (Å²) in [5.41, 5.74) is 0.867. The zero-order valence-electron chi connectivity index (χ0n) is 14.7. The molecule has 0 fully saturated rings. The minimum Gasteiger partial charge on any atom is -0.494 e. The van der Waals surface area contributed by atoms with Gasteiger partial charge in [-0.1, -0.05) is 26.0 Å². The van der Waals surface area contributed by atoms with Gasteiger partial charge in [-0.25, -0.2) is 4.79 Å². The van der Waals surface area contributed by atoms with E-state index in [1.54, 1.807) is 48.5 Å². The average Bonchev–Trinajstić information content (AvgIpc) is 2.56. The molecule has 0 radical (unpaired) electrons. The zero-order valence-corrected chi connectivity index (χ0v) is 14.7. The van der Waals surface area contributed by atoms with Gasteiger partial charge < -0.3 is 14.8 Å². The van der Waals surface area contributed by atoms with Crippen molar-refractivity contribution in [2.24, 2.45) is 5.92 Å². The molecule has 5 nitrogen and oxygen atoms in total. The highest BCUT2D eigenvalue weighted by Crippen LogP contribution is 2.25. The molecule has 0 spiro atoms. The predicted octanol–water partition coefficient (Wildman–Crippen LogP) is 4.29. The lowest BCUT2D eigenvalue weighted by Crippen LogP contribution is -2.12. The Morgan fingerprint density at radius 2 is 1.72 bits per heavy atom. The lowest BCUT2D eigenvalue weighted by atomic mass is 10.1. The van der Waals surface area contributed by atoms with Gasteiger partial charge in [0.05, 0.1) is 17.9 Å². The van der Waals surface area contributed by atoms with E-state index >= 15 is 0 Å². The van der Waals surface area contributed by atoms with Crippen LogP contribution in [0.2, 0.25) is 0 Å². The third kappa shape index (κ3) is 5.95. The first kappa shape index (κ1) is 18.5. The summed E-state index contributed by atoms with van der Waals surface area (Å²) < 4.78 is 11.0. The number of ether oxygens (including phenoxy) is 2. The van der Waals surface area contributed by atoms with Crippen LogP contribution in [0.4, 0.5) is 5.69 Å². The largest absolute Gasteiger partial charge is 0.494 e. The molecule has 25 heavy (non-hydrogen) atoms. The second-order valence-corrected chi connectivity index (χ2v) is 6.12. The van der Waals surface area contributed by atoms with Gasteiger partial charge in [0, 0.05) is 6.92 Å². The van der Waals surface area contributed by atoms with Crippen molar-refractivity contribution in [3.63, 3.8) is 0 Å². The van der Waals surface area contributed by atoms with Crippen molar-refractivity contribution in [2.45, 2.75) is 27.2 Å². The number of rotatable bonds is 7. The molecule has 0 aromatic heterocycles. The smallest absolute Gasteiger partial charge is 0.343 e. The minimum atomic E-state index is -0.494. The molecule has 0 saturated heterocycles. The summed E-state index contributed by atoms with van der Waals surface area (Å²) in [5, 5.41) is 2.64. The lowest BCUT2D eigenvalue weighted by Gasteiger charge is -2.11. The van der Waals surface area contributed by atoms with Crippen LogP contribution in [0.5, 0.6) is 11.5 Å². The second-order valence-electron chi connectivity index (χ2n) is 6.12. The fraction of sp³-hybridized carbons (Fsp3) is 0.300. The van der Waals surface area contributed by atoms with Gasteiger partial charge in [0.1, 0.15) is 5.75 Å². The molecule has 0 bridgehead atoms. The maximum atomic E-state index is 12.3. The number of hydrogen-bond donors (Lipinski definition) is 1. The molecule has 2 aromatic rings. The third-order valence-corrected chi connectivity index (χ3v) is 3.45. The van der Waals surface area contributed by atoms with E-state index in [9.17, 15) is 9.59 Å². The molecule has 132 valence electrons. The highest BCUT2D eigenvalue weighted by atomic mass is 16.5. The Balaban J connectivity index is 2.00. The summed E-state index contributed by atoms with van der Waals surface area (Å²) in [5.74, 6) is 0.881. The van der Waals surface area contributed by atoms with E-state index in [4.69, 9.17) is 9.47 Å². The van der Waals surface area contributed by atoms with Crippen molar-refractivity contribution in [2.75, 3.05) is 11.9 Å². The van der Waals surface area contributed by atoms with Crippen molar-refractivity contribution >= 4 is 17.6 Å². The van der Waals surface area contributed by atoms with Gasteiger partial charge in [0.15, 0.2) is 5.75 Å². The van der Waals surface area contributed by atoms with E-state index in [1.165, 1.54) is 6.92 Å². The number of hydrogen-bond acceptors (Lipinski definition) is 4. The summed E-state index contributed by atoms with van der Waals surface area (Å²) in [6.45, 7) is 6.32. The Morgan fingerprint density at radius 1 is 1.04 bits per heavy atom. The molecule has 0 saturated carbocycles. The molecule has 2 rings (SSSR count). The third-order valence-electron chi connectivity index (χ3n) is 3.45. The second kappa shape index (κ2) is 8.87. The van der Waals surface area contributed by atoms with Crippen molar-refractivity contribution in [3.05, 3.63) is 54.1 Å². The van der Waals surface area contributed by atoms with Crippen LogP contribution >= 0.6 is 0 Å². The van der Waals surface area contributed by atoms with Crippen molar-refractivity contribution < 1.29 is 19.1 Å². The first-order valence-electron chi connectivity index (χ1n) is 8.27. The van der Waals surface area contributed by atoms with Crippen molar-refractivity contribution in [1.82, 2.24) is 0 Å². The highest BCUT2D eigenvalue weighted by molar-refractivity contribution is 5.94. The maximum absolute atomic E-state index is 12.3. The van der Waals surface area contributed by atoms with Crippen LogP contribution in [0.1, 0.15) is 37.6 Å². The van der Waals surface area contributed by atoms with Gasteiger partial charge in [-0.15, -0.1) is 0 Å². The highest BCUT2D eigenvalue weighted by Gasteiger charge is 2.12. The van der Waals surface area contributed by atoms with Crippen LogP contribution in [0.15, 0.2) is 48.5 Å². The van der Waals surface area contributed by atoms with E-state index in [-0.39, 0.29) is 5.91 Å². The first-order chi connectivity index (χ1) is 12.0. The summed E-state index contributed by atoms with van der Waals surface area (Å²) in [6.07, 6.45) is 0.976. The summed E-state index contributed by atoms with van der Waals surface area (Å²) in [7, 11) is 0. The maximum Gasteiger partial charge on any atom is 0.343 e. The van der Waals surface area contributed by atoms with E-state index < -0.39 is 5.97 Å². The normalized spacial score (nSPS) is 10.4. The summed E-state index contributed by atoms with van der Waals surface area (Å²) in [6, 6.07) is 13.6. The number of benzene rings is 2. The molecular weight excluding hydrogens is 318 g/mol. The summed E-state index contributed by atoms with van der Waals surface area (Å²) >= 11 is 0. The predicted molar refractivity (Wildman–Crippen MR) is 97.1 cm³/mol. The summed E-state index contributed by atoms with van der Waals surface area (Å²) in [4.78, 5) is 23.5. The Labute approximate surface area is 148 Å². The monoisotopic (exact) mass is 341 g/mol. The van der Waals surface area contributed by atoms with E-state index in [0.29, 0.717) is 29.5 Å². The molecule has 0 heterocycles. The average molecular weight is 341 g/mol. The molecule has 1 N–H and O–H groups in total. The molecule has 0 unspecified atom stereocenters. The molecule has 0 aliphatic rings. The van der Waals surface area contributed by atoms with Crippen LogP contribution in [0.25, 0.3) is 0 Å². The number of anilines is 1. The van der Waals surface area contributed by atoms with Crippen molar-refractivity contribution in [3.8, 4) is 11.5 Å². The van der Waals surface area contributed by atoms with E-state index in [2.05, 4.69) is 19.2 Å². The van der Waals surface area contributed by atoms with Crippen LogP contribution in [0.3, 0.4) is 0 Å². The van der Waals surface area contributed by atoms with Gasteiger partial charge in [-0.05, 0) is 48.7 Å². The number of esters is 1. The van der Waals surface area contributed by atoms with E-state index in [0.717, 1.165) is 12.2 Å². The molecule has 0 aliphatic heterocycles. The first-order valence-corrected chi connectivity index (χ1v) is 8.27. The number of para-hydroxylation sites is 2. The van der Waals surface area contributed by atoms with Gasteiger partial charge in [-0.3, -0.25) is 4.79 Å². The Kier molecular flexibility index (Phi) is 6.57. The SMILES string of the molecule is CC(=O)Nc1ccccc1OC(=O)c1ccc(OCCC(C)C)cc1. The molecule has 1 amide bonds. The van der Waals surface area contributed by atoms with Gasteiger partial charge in [-0.2, -0.15) is 0 Å². The van der Waals surface area contributed by atoms with Gasteiger partial charge in [0.25, 0.3) is 0 Å². The lowest BCUT2D eigenvalue weighted by molar-refractivity contribution is -0.114. The molecule has 0 atom stereocenters. The van der Waals surface area contributed by atoms with Crippen LogP contribution in [-0.2, 0) is 4.79 Å². The molecule has 2 aromatic carbocycles. The fourth-order valence-electron chi connectivity index (χ4n) is 2.11. The molecular formula is C20H23NO4. The quantitative estimate of drug-likeness (QED) is 0.603. The van der Waals surface area contributed by atoms with Gasteiger partial charge in [0.2, 0.25) is 5.91 Å². The number of nitrogens with one attached hydrogen (secondary N) is 1. The number of amides is 1. The Hall–Kier alpha value is -2.82. The van der Waals surface area contributed by atoms with Gasteiger partial charge >= 0.3 is 5.97 Å². The van der Waals surface area contributed by atoms with Crippen LogP contribution < -0.4 is 14.8 Å². The topological polar surface area (TPSA) is 64.6 Å². The van der Waals surface area contributed by atoms with E-state index in [1.807, 2.05) is 0 Å². The molecule has 0 aliphatic carbocycles. The fourth-order valence-corrected chi connectivity index (χ4v) is 2.11. The molecule has 5 heteroatoms. The minimum absolute atomic E-state index is 0.230. The van der Waals surface area contributed by atoms with Crippen LogP contribution in [0, 0.1) is 5.92 Å². The Morgan fingerprint density at radius 3 is 2.36 bits per heavy atom. The number of carbonyl (C=O) groups excluding carboxylic acids is 2. The standard InChI is InChI=1S/C20H23NO4/c1-14(2)12-13-24-17-10-8-16(9-11-17)20(23)25-19-7-5-4-6-18(19)21-15(3)22/h4-11,14H,12-13H2,1-3H3,(H,21,22). The van der Waals surface area contributed by atoms with Crippen molar-refractivity contribution in [1.29, 1.82) is 0 Å². The van der Waals surface area contributed by atoms with Crippen LogP contribution in [-0.4, -0.2) is 18.5 Å². The zero-order chi connectivity index (χ0) is 18.2. The number of carbonyl (C=O) groups is 2.